The Bertz CT molecular complexity index is 1390. The quantitative estimate of drug-likeness (QED) is 0.249. The summed E-state index contributed by atoms with van der Waals surface area (Å²) in [6, 6.07) is 2.90. The highest BCUT2D eigenvalue weighted by molar-refractivity contribution is 6.23. The van der Waals surface area contributed by atoms with E-state index in [1.54, 1.807) is 26.0 Å². The second-order valence-electron chi connectivity index (χ2n) is 11.9. The Hall–Kier alpha value is -3.92. The number of ketones is 2. The van der Waals surface area contributed by atoms with Gasteiger partial charge in [-0.05, 0) is 68.7 Å². The van der Waals surface area contributed by atoms with Gasteiger partial charge in [0.05, 0.1) is 5.56 Å². The molecule has 4 atom stereocenters. The summed E-state index contributed by atoms with van der Waals surface area (Å²) in [4.78, 5) is 51.5. The number of carbonyl (C=O) groups is 4. The molecule has 1 aromatic rings. The summed E-state index contributed by atoms with van der Waals surface area (Å²) in [5.41, 5.74) is 2.20. The van der Waals surface area contributed by atoms with E-state index in [2.05, 4.69) is 5.32 Å². The largest absolute Gasteiger partial charge is 0.508 e. The molecule has 0 aromatic heterocycles. The van der Waals surface area contributed by atoms with Crippen LogP contribution in [0.15, 0.2) is 35.1 Å². The first-order valence-corrected chi connectivity index (χ1v) is 12.8. The lowest BCUT2D eigenvalue weighted by Gasteiger charge is -2.50. The van der Waals surface area contributed by atoms with Gasteiger partial charge < -0.3 is 31.5 Å². The fourth-order valence-corrected chi connectivity index (χ4v) is 6.24. The van der Waals surface area contributed by atoms with Crippen molar-refractivity contribution in [1.29, 1.82) is 0 Å². The third kappa shape index (κ3) is 4.42. The van der Waals surface area contributed by atoms with Crippen molar-refractivity contribution in [2.45, 2.75) is 58.6 Å². The number of rotatable bonds is 4. The minimum Gasteiger partial charge on any atom is -0.508 e. The van der Waals surface area contributed by atoms with Crippen LogP contribution in [0.4, 0.5) is 0 Å². The van der Waals surface area contributed by atoms with Crippen molar-refractivity contribution in [2.24, 2.45) is 29.4 Å². The summed E-state index contributed by atoms with van der Waals surface area (Å²) >= 11 is 0. The van der Waals surface area contributed by atoms with Gasteiger partial charge in [-0.2, -0.15) is 0 Å². The van der Waals surface area contributed by atoms with Crippen LogP contribution in [0.3, 0.4) is 0 Å². The SMILES string of the molecule is CC(C)[C@@H]1C(=O)C(C(N)=O)=C(O)[C@@]2(O)C(=O)C3=C(O)c4c(O)ccc(/C=C/C(=O)NC(C)(C)C)c4C[C@H]3C[C@@H]12. The number of hydrogen-bond donors (Lipinski definition) is 6. The van der Waals surface area contributed by atoms with Crippen molar-refractivity contribution >= 4 is 35.2 Å². The highest BCUT2D eigenvalue weighted by atomic mass is 16.3. The fourth-order valence-electron chi connectivity index (χ4n) is 6.24. The summed E-state index contributed by atoms with van der Waals surface area (Å²) in [6.45, 7) is 8.93. The number of aromatic hydroxyl groups is 1. The molecule has 3 aliphatic rings. The molecule has 7 N–H and O–H groups in total. The molecule has 10 heteroatoms. The molecular weight excluding hydrogens is 504 g/mol. The van der Waals surface area contributed by atoms with Gasteiger partial charge >= 0.3 is 0 Å². The van der Waals surface area contributed by atoms with E-state index in [0.29, 0.717) is 11.1 Å². The van der Waals surface area contributed by atoms with Crippen LogP contribution in [0.25, 0.3) is 11.8 Å². The molecule has 1 fully saturated rings. The standard InChI is InChI=1S/C29H34N2O8/c1-12(2)19-16-11-14-10-15-13(7-9-18(33)31-28(3,4)5)6-8-17(32)21(15)24(35)20(14)25(36)29(16,39)26(37)22(23(19)34)27(30)38/h6-9,12,14,16,19,32,35,37,39H,10-11H2,1-5H3,(H2,30,38)(H,31,33)/b9-7+/t14-,16-,19-,29-/m0/s1. The fraction of sp³-hybridized carbons (Fsp3) is 0.448. The molecule has 0 spiro atoms. The molecule has 0 heterocycles. The highest BCUT2D eigenvalue weighted by Crippen LogP contribution is 2.54. The Kier molecular flexibility index (Phi) is 6.75. The van der Waals surface area contributed by atoms with Gasteiger partial charge in [-0.25, -0.2) is 0 Å². The van der Waals surface area contributed by atoms with Crippen LogP contribution in [0.1, 0.15) is 57.7 Å². The van der Waals surface area contributed by atoms with Crippen molar-refractivity contribution in [3.8, 4) is 5.75 Å². The van der Waals surface area contributed by atoms with Gasteiger partial charge in [0.15, 0.2) is 11.4 Å². The van der Waals surface area contributed by atoms with Crippen molar-refractivity contribution < 1.29 is 39.6 Å². The first-order valence-electron chi connectivity index (χ1n) is 12.8. The molecule has 0 aliphatic heterocycles. The Balaban J connectivity index is 1.87. The van der Waals surface area contributed by atoms with E-state index in [0.717, 1.165) is 0 Å². The van der Waals surface area contributed by atoms with Crippen LogP contribution in [0.2, 0.25) is 0 Å². The predicted octanol–water partition coefficient (Wildman–Crippen LogP) is 2.23. The normalized spacial score (nSPS) is 27.0. The highest BCUT2D eigenvalue weighted by Gasteiger charge is 2.64. The lowest BCUT2D eigenvalue weighted by molar-refractivity contribution is -0.155. The number of aliphatic hydroxyl groups excluding tert-OH is 2. The van der Waals surface area contributed by atoms with Crippen LogP contribution in [-0.2, 0) is 25.6 Å². The minimum atomic E-state index is -2.65. The summed E-state index contributed by atoms with van der Waals surface area (Å²) in [5.74, 6) is -8.56. The maximum atomic E-state index is 13.9. The number of amides is 2. The van der Waals surface area contributed by atoms with Crippen LogP contribution < -0.4 is 11.1 Å². The minimum absolute atomic E-state index is 0.0229. The Morgan fingerprint density at radius 1 is 1.15 bits per heavy atom. The Morgan fingerprint density at radius 2 is 1.79 bits per heavy atom. The van der Waals surface area contributed by atoms with Gasteiger partial charge in [0.25, 0.3) is 5.91 Å². The predicted molar refractivity (Wildman–Crippen MR) is 142 cm³/mol. The van der Waals surface area contributed by atoms with Crippen LogP contribution >= 0.6 is 0 Å². The van der Waals surface area contributed by atoms with E-state index in [1.165, 1.54) is 12.1 Å². The number of aliphatic hydroxyl groups is 3. The first kappa shape index (κ1) is 28.1. The maximum absolute atomic E-state index is 13.9. The van der Waals surface area contributed by atoms with Gasteiger partial charge in [-0.1, -0.05) is 19.9 Å². The number of benzene rings is 1. The lowest BCUT2D eigenvalue weighted by atomic mass is 9.54. The second kappa shape index (κ2) is 9.37. The molecule has 4 rings (SSSR count). The molecule has 39 heavy (non-hydrogen) atoms. The van der Waals surface area contributed by atoms with Gasteiger partial charge in [0.1, 0.15) is 22.8 Å². The number of nitrogens with one attached hydrogen (secondary N) is 1. The maximum Gasteiger partial charge on any atom is 0.255 e. The van der Waals surface area contributed by atoms with E-state index in [-0.39, 0.29) is 35.6 Å². The number of fused-ring (bicyclic) bond motifs is 3. The topological polar surface area (TPSA) is 187 Å². The number of phenols is 1. The number of phenolic OH excluding ortho intramolecular Hbond substituents is 1. The van der Waals surface area contributed by atoms with Gasteiger partial charge in [-0.15, -0.1) is 0 Å². The number of Topliss-reactive ketones (excluding diaryl/α,β-unsaturated/α-hetero) is 2. The number of primary amides is 1. The average molecular weight is 539 g/mol. The van der Waals surface area contributed by atoms with Crippen LogP contribution in [-0.4, -0.2) is 54.9 Å². The Morgan fingerprint density at radius 3 is 2.36 bits per heavy atom. The van der Waals surface area contributed by atoms with E-state index in [1.807, 2.05) is 20.8 Å². The monoisotopic (exact) mass is 538 g/mol. The van der Waals surface area contributed by atoms with Crippen molar-refractivity contribution in [1.82, 2.24) is 5.32 Å². The molecule has 3 aliphatic carbocycles. The molecule has 0 saturated heterocycles. The zero-order valence-corrected chi connectivity index (χ0v) is 22.5. The van der Waals surface area contributed by atoms with Crippen molar-refractivity contribution in [2.75, 3.05) is 0 Å². The zero-order valence-electron chi connectivity index (χ0n) is 22.5. The summed E-state index contributed by atoms with van der Waals surface area (Å²) in [6.07, 6.45) is 3.05. The van der Waals surface area contributed by atoms with Gasteiger partial charge in [0, 0.05) is 29.0 Å². The van der Waals surface area contributed by atoms with E-state index in [4.69, 9.17) is 5.73 Å². The van der Waals surface area contributed by atoms with E-state index >= 15 is 0 Å². The smallest absolute Gasteiger partial charge is 0.255 e. The number of carbonyl (C=O) groups excluding carboxylic acids is 4. The molecule has 0 unspecified atom stereocenters. The summed E-state index contributed by atoms with van der Waals surface area (Å²) < 4.78 is 0. The van der Waals surface area contributed by atoms with Crippen LogP contribution in [0, 0.1) is 23.7 Å². The molecule has 1 aromatic carbocycles. The summed E-state index contributed by atoms with van der Waals surface area (Å²) in [7, 11) is 0. The zero-order chi connectivity index (χ0) is 29.2. The molecule has 0 bridgehead atoms. The van der Waals surface area contributed by atoms with Gasteiger partial charge in [-0.3, -0.25) is 19.2 Å². The van der Waals surface area contributed by atoms with Crippen LogP contribution in [0.5, 0.6) is 5.75 Å². The van der Waals surface area contributed by atoms with E-state index in [9.17, 15) is 39.6 Å². The van der Waals surface area contributed by atoms with E-state index < -0.39 is 69.4 Å². The lowest BCUT2D eigenvalue weighted by Crippen LogP contribution is -2.62. The molecule has 10 nitrogen and oxygen atoms in total. The third-order valence-corrected chi connectivity index (χ3v) is 7.80. The number of nitrogens with two attached hydrogens (primary N) is 1. The second-order valence-corrected chi connectivity index (χ2v) is 11.9. The Labute approximate surface area is 225 Å². The molecule has 0 radical (unpaired) electrons. The molecular formula is C29H34N2O8. The first-order chi connectivity index (χ1) is 18.0. The van der Waals surface area contributed by atoms with Crippen molar-refractivity contribution in [3.05, 3.63) is 51.8 Å². The molecule has 2 amide bonds. The molecule has 208 valence electrons. The van der Waals surface area contributed by atoms with Crippen molar-refractivity contribution in [3.63, 3.8) is 0 Å². The molecule has 1 saturated carbocycles. The number of hydrogen-bond acceptors (Lipinski definition) is 8. The van der Waals surface area contributed by atoms with Gasteiger partial charge in [0.2, 0.25) is 11.7 Å². The third-order valence-electron chi connectivity index (χ3n) is 7.80. The average Bonchev–Trinajstić information content (AvgIpc) is 2.79. The summed E-state index contributed by atoms with van der Waals surface area (Å²) in [5, 5.41) is 47.3.